The molecule has 0 aromatic carbocycles. The van der Waals surface area contributed by atoms with Crippen LogP contribution < -0.4 is 5.11 Å². The second-order valence-electron chi connectivity index (χ2n) is 14.1. The van der Waals surface area contributed by atoms with Gasteiger partial charge in [0.25, 0.3) is 0 Å². The fraction of sp³-hybridized carbons (Fsp3) is 0.738. The lowest BCUT2D eigenvalue weighted by atomic mass is 10.1. The van der Waals surface area contributed by atoms with Crippen molar-refractivity contribution < 1.29 is 38.2 Å². The van der Waals surface area contributed by atoms with Gasteiger partial charge in [0, 0.05) is 19.3 Å². The number of nitrogens with zero attached hydrogens (tertiary/aromatic N) is 1. The Morgan fingerprint density at radius 2 is 1.12 bits per heavy atom. The number of rotatable bonds is 34. The largest absolute Gasteiger partial charge is 0.544 e. The number of quaternary nitrogens is 1. The number of allylic oxidation sites excluding steroid dienone is 8. The summed E-state index contributed by atoms with van der Waals surface area (Å²) in [5, 5.41) is 11.6. The summed E-state index contributed by atoms with van der Waals surface area (Å²) in [7, 11) is 5.38. The van der Waals surface area contributed by atoms with Crippen LogP contribution in [0.4, 0.5) is 0 Å². The van der Waals surface area contributed by atoms with Crippen molar-refractivity contribution in [3.05, 3.63) is 48.6 Å². The summed E-state index contributed by atoms with van der Waals surface area (Å²) in [4.78, 5) is 36.6. The summed E-state index contributed by atoms with van der Waals surface area (Å²) in [5.41, 5.74) is 0. The minimum absolute atomic E-state index is 0.0214. The molecule has 0 amide bonds. The fourth-order valence-corrected chi connectivity index (χ4v) is 5.37. The van der Waals surface area contributed by atoms with Crippen molar-refractivity contribution >= 4 is 17.9 Å². The number of esters is 2. The average molecular weight is 704 g/mol. The minimum atomic E-state index is -1.13. The lowest BCUT2D eigenvalue weighted by molar-refractivity contribution is -0.889. The smallest absolute Gasteiger partial charge is 0.306 e. The summed E-state index contributed by atoms with van der Waals surface area (Å²) in [6, 6.07) is -0.733. The number of carbonyl (C=O) groups excluding carboxylic acids is 3. The van der Waals surface area contributed by atoms with Crippen molar-refractivity contribution in [2.45, 2.75) is 161 Å². The van der Waals surface area contributed by atoms with E-state index in [9.17, 15) is 19.5 Å². The topological polar surface area (TPSA) is 102 Å². The maximum Gasteiger partial charge on any atom is 0.306 e. The number of hydrogen-bond donors (Lipinski definition) is 0. The standard InChI is InChI=1S/C42H73NO7/c1-6-8-10-12-14-16-18-20-21-23-25-27-29-31-33-41(45)50-38(36-48-35-34-39(42(46)47)43(3,4)5)37-49-40(44)32-30-28-26-24-22-19-17-15-13-11-9-7-2/h9,11,15,17,21-24,38-39H,6-8,10,12-14,16,18-20,25-37H2,1-5H3/b11-9+,17-15+,23-21+,24-22+. The molecule has 2 unspecified atom stereocenters. The summed E-state index contributed by atoms with van der Waals surface area (Å²) < 4.78 is 17.0. The number of carboxylic acid groups (broad SMARTS) is 1. The quantitative estimate of drug-likeness (QED) is 0.0286. The van der Waals surface area contributed by atoms with Crippen LogP contribution in [-0.2, 0) is 28.6 Å². The van der Waals surface area contributed by atoms with Gasteiger partial charge < -0.3 is 28.6 Å². The molecule has 0 aliphatic carbocycles. The molecule has 50 heavy (non-hydrogen) atoms. The van der Waals surface area contributed by atoms with Gasteiger partial charge in [0.1, 0.15) is 12.6 Å². The normalized spacial score (nSPS) is 13.5. The molecule has 0 aromatic heterocycles. The Hall–Kier alpha value is -2.71. The third kappa shape index (κ3) is 31.3. The Morgan fingerprint density at radius 1 is 0.620 bits per heavy atom. The molecule has 0 heterocycles. The molecule has 0 aliphatic rings. The van der Waals surface area contributed by atoms with Crippen molar-refractivity contribution in [1.29, 1.82) is 0 Å². The van der Waals surface area contributed by atoms with Crippen molar-refractivity contribution in [2.75, 3.05) is 41.0 Å². The molecule has 0 aromatic rings. The first kappa shape index (κ1) is 47.3. The highest BCUT2D eigenvalue weighted by Gasteiger charge is 2.25. The molecule has 0 aliphatic heterocycles. The van der Waals surface area contributed by atoms with Gasteiger partial charge in [-0.2, -0.15) is 0 Å². The molecule has 0 N–H and O–H groups in total. The van der Waals surface area contributed by atoms with E-state index in [1.807, 2.05) is 0 Å². The van der Waals surface area contributed by atoms with E-state index in [1.165, 1.54) is 44.9 Å². The molecule has 0 saturated heterocycles. The van der Waals surface area contributed by atoms with Crippen molar-refractivity contribution in [1.82, 2.24) is 0 Å². The SMILES string of the molecule is CC/C=C/C/C=C/C/C=C/CCCCC(=O)OCC(COCCC(C(=O)[O-])[N+](C)(C)C)OC(=O)CCCCC/C=C/CCCCCCCCC. The molecule has 0 bridgehead atoms. The van der Waals surface area contributed by atoms with E-state index >= 15 is 0 Å². The number of aliphatic carboxylic acids is 1. The van der Waals surface area contributed by atoms with Gasteiger partial charge in [-0.25, -0.2) is 0 Å². The number of unbranched alkanes of at least 4 members (excludes halogenated alkanes) is 12. The van der Waals surface area contributed by atoms with Crippen molar-refractivity contribution in [3.8, 4) is 0 Å². The number of carboxylic acids is 1. The van der Waals surface area contributed by atoms with Crippen LogP contribution in [0.3, 0.4) is 0 Å². The zero-order chi connectivity index (χ0) is 37.1. The summed E-state index contributed by atoms with van der Waals surface area (Å²) >= 11 is 0. The Balaban J connectivity index is 4.50. The van der Waals surface area contributed by atoms with E-state index in [1.54, 1.807) is 21.1 Å². The van der Waals surface area contributed by atoms with Gasteiger partial charge in [-0.1, -0.05) is 107 Å². The van der Waals surface area contributed by atoms with Crippen molar-refractivity contribution in [3.63, 3.8) is 0 Å². The van der Waals surface area contributed by atoms with Gasteiger partial charge in [-0.05, 0) is 70.6 Å². The molecule has 0 spiro atoms. The number of carbonyl (C=O) groups is 3. The third-order valence-corrected chi connectivity index (χ3v) is 8.45. The van der Waals surface area contributed by atoms with Gasteiger partial charge in [-0.3, -0.25) is 9.59 Å². The minimum Gasteiger partial charge on any atom is -0.544 e. The predicted octanol–water partition coefficient (Wildman–Crippen LogP) is 8.74. The summed E-state index contributed by atoms with van der Waals surface area (Å²) in [6.45, 7) is 4.46. The number of hydrogen-bond acceptors (Lipinski definition) is 7. The predicted molar refractivity (Wildman–Crippen MR) is 203 cm³/mol. The first-order valence-corrected chi connectivity index (χ1v) is 19.7. The van der Waals surface area contributed by atoms with E-state index < -0.39 is 18.1 Å². The van der Waals surface area contributed by atoms with Crippen molar-refractivity contribution in [2.24, 2.45) is 0 Å². The molecular weight excluding hydrogens is 630 g/mol. The van der Waals surface area contributed by atoms with Crippen LogP contribution >= 0.6 is 0 Å². The van der Waals surface area contributed by atoms with E-state index in [-0.39, 0.29) is 42.7 Å². The van der Waals surface area contributed by atoms with E-state index in [2.05, 4.69) is 62.5 Å². The second-order valence-corrected chi connectivity index (χ2v) is 14.1. The average Bonchev–Trinajstić information content (AvgIpc) is 3.06. The highest BCUT2D eigenvalue weighted by Crippen LogP contribution is 2.12. The van der Waals surface area contributed by atoms with Crippen LogP contribution in [0.2, 0.25) is 0 Å². The zero-order valence-corrected chi connectivity index (χ0v) is 32.5. The first-order valence-electron chi connectivity index (χ1n) is 19.7. The van der Waals surface area contributed by atoms with Crippen LogP contribution in [0, 0.1) is 0 Å². The molecule has 8 heteroatoms. The fourth-order valence-electron chi connectivity index (χ4n) is 5.37. The Kier molecular flexibility index (Phi) is 31.6. The van der Waals surface area contributed by atoms with E-state index in [0.29, 0.717) is 19.3 Å². The number of ether oxygens (including phenoxy) is 3. The van der Waals surface area contributed by atoms with Gasteiger partial charge in [-0.15, -0.1) is 0 Å². The molecular formula is C42H73NO7. The van der Waals surface area contributed by atoms with Crippen LogP contribution in [0.25, 0.3) is 0 Å². The Labute approximate surface area is 306 Å². The lowest BCUT2D eigenvalue weighted by Gasteiger charge is -2.34. The summed E-state index contributed by atoms with van der Waals surface area (Å²) in [6.07, 6.45) is 37.1. The van der Waals surface area contributed by atoms with Gasteiger partial charge >= 0.3 is 11.9 Å². The highest BCUT2D eigenvalue weighted by atomic mass is 16.6. The summed E-state index contributed by atoms with van der Waals surface area (Å²) in [5.74, 6) is -1.81. The van der Waals surface area contributed by atoms with Crippen LogP contribution in [-0.4, -0.2) is 75.5 Å². The molecule has 0 rings (SSSR count). The molecule has 2 atom stereocenters. The molecule has 8 nitrogen and oxygen atoms in total. The van der Waals surface area contributed by atoms with E-state index in [4.69, 9.17) is 14.2 Å². The Morgan fingerprint density at radius 3 is 1.72 bits per heavy atom. The van der Waals surface area contributed by atoms with E-state index in [0.717, 1.165) is 64.2 Å². The molecule has 0 radical (unpaired) electrons. The number of likely N-dealkylation sites (N-methyl/N-ethyl adjacent to an activating group) is 1. The van der Waals surface area contributed by atoms with Gasteiger partial charge in [0.15, 0.2) is 6.10 Å². The Bertz CT molecular complexity index is 964. The monoisotopic (exact) mass is 704 g/mol. The maximum absolute atomic E-state index is 12.6. The highest BCUT2D eigenvalue weighted by molar-refractivity contribution is 5.70. The van der Waals surface area contributed by atoms with Crippen LogP contribution in [0.15, 0.2) is 48.6 Å². The second kappa shape index (κ2) is 33.4. The first-order chi connectivity index (χ1) is 24.1. The van der Waals surface area contributed by atoms with Crippen LogP contribution in [0.5, 0.6) is 0 Å². The molecule has 288 valence electrons. The zero-order valence-electron chi connectivity index (χ0n) is 32.5. The maximum atomic E-state index is 12.6. The van der Waals surface area contributed by atoms with Gasteiger partial charge in [0.2, 0.25) is 0 Å². The lowest BCUT2D eigenvalue weighted by Crippen LogP contribution is -2.55. The van der Waals surface area contributed by atoms with Crippen LogP contribution in [0.1, 0.15) is 149 Å². The molecule has 0 saturated carbocycles. The molecule has 0 fully saturated rings. The van der Waals surface area contributed by atoms with Gasteiger partial charge in [0.05, 0.1) is 40.3 Å². The third-order valence-electron chi connectivity index (χ3n) is 8.45.